The molecule has 1 aliphatic rings. The summed E-state index contributed by atoms with van der Waals surface area (Å²) in [5.41, 5.74) is 6.07. The monoisotopic (exact) mass is 231 g/mol. The lowest BCUT2D eigenvalue weighted by Crippen LogP contribution is -2.38. The second-order valence-electron chi connectivity index (χ2n) is 3.96. The minimum absolute atomic E-state index is 0.226. The summed E-state index contributed by atoms with van der Waals surface area (Å²) in [5.74, 6) is 2.19. The van der Waals surface area contributed by atoms with Crippen molar-refractivity contribution in [2.45, 2.75) is 12.1 Å². The third kappa shape index (κ3) is 1.87. The van der Waals surface area contributed by atoms with Gasteiger partial charge in [-0.15, -0.1) is 0 Å². The Kier molecular flexibility index (Phi) is 2.49. The van der Waals surface area contributed by atoms with E-state index < -0.39 is 0 Å². The number of para-hydroxylation sites is 2. The summed E-state index contributed by atoms with van der Waals surface area (Å²) < 4.78 is 16.7. The topological polar surface area (TPSA) is 57.6 Å². The zero-order valence-corrected chi connectivity index (χ0v) is 9.21. The highest BCUT2D eigenvalue weighted by Gasteiger charge is 2.28. The third-order valence-electron chi connectivity index (χ3n) is 2.80. The van der Waals surface area contributed by atoms with Gasteiger partial charge in [-0.1, -0.05) is 12.1 Å². The largest absolute Gasteiger partial charge is 0.486 e. The first-order chi connectivity index (χ1) is 8.34. The summed E-state index contributed by atoms with van der Waals surface area (Å²) in [6, 6.07) is 10.9. The highest BCUT2D eigenvalue weighted by atomic mass is 16.6. The van der Waals surface area contributed by atoms with Crippen LogP contribution in [0, 0.1) is 0 Å². The number of rotatable bonds is 2. The van der Waals surface area contributed by atoms with E-state index in [-0.39, 0.29) is 12.1 Å². The molecule has 3 rings (SSSR count). The van der Waals surface area contributed by atoms with Crippen molar-refractivity contribution in [1.29, 1.82) is 0 Å². The summed E-state index contributed by atoms with van der Waals surface area (Å²) in [6.07, 6.45) is 1.38. The Morgan fingerprint density at radius 3 is 2.71 bits per heavy atom. The third-order valence-corrected chi connectivity index (χ3v) is 2.80. The molecule has 1 aromatic heterocycles. The van der Waals surface area contributed by atoms with Crippen molar-refractivity contribution in [3.8, 4) is 11.5 Å². The highest BCUT2D eigenvalue weighted by molar-refractivity contribution is 5.41. The average molecular weight is 231 g/mol. The molecule has 2 aromatic rings. The van der Waals surface area contributed by atoms with Crippen molar-refractivity contribution in [2.75, 3.05) is 6.61 Å². The molecular formula is C13H13NO3. The van der Waals surface area contributed by atoms with Crippen LogP contribution < -0.4 is 15.2 Å². The molecule has 2 atom stereocenters. The zero-order chi connectivity index (χ0) is 11.7. The Hall–Kier alpha value is -1.94. The minimum Gasteiger partial charge on any atom is -0.486 e. The smallest absolute Gasteiger partial charge is 0.161 e. The maximum atomic E-state index is 6.07. The van der Waals surface area contributed by atoms with Gasteiger partial charge in [0, 0.05) is 0 Å². The second-order valence-corrected chi connectivity index (χ2v) is 3.96. The van der Waals surface area contributed by atoms with Gasteiger partial charge in [0.1, 0.15) is 18.4 Å². The normalized spacial score (nSPS) is 19.9. The fourth-order valence-corrected chi connectivity index (χ4v) is 1.88. The maximum absolute atomic E-state index is 6.07. The van der Waals surface area contributed by atoms with E-state index in [9.17, 15) is 0 Å². The van der Waals surface area contributed by atoms with E-state index in [1.807, 2.05) is 36.4 Å². The van der Waals surface area contributed by atoms with Crippen molar-refractivity contribution in [1.82, 2.24) is 0 Å². The van der Waals surface area contributed by atoms with Crippen LogP contribution in [0.5, 0.6) is 11.5 Å². The molecule has 0 saturated heterocycles. The van der Waals surface area contributed by atoms with Crippen LogP contribution in [0.3, 0.4) is 0 Å². The molecule has 0 saturated carbocycles. The number of hydrogen-bond donors (Lipinski definition) is 1. The molecular weight excluding hydrogens is 218 g/mol. The lowest BCUT2D eigenvalue weighted by atomic mass is 10.1. The van der Waals surface area contributed by atoms with Gasteiger partial charge in [-0.25, -0.2) is 0 Å². The van der Waals surface area contributed by atoms with Gasteiger partial charge in [0.15, 0.2) is 17.6 Å². The van der Waals surface area contributed by atoms with Crippen LogP contribution in [0.4, 0.5) is 0 Å². The van der Waals surface area contributed by atoms with E-state index in [1.54, 1.807) is 6.26 Å². The van der Waals surface area contributed by atoms with Gasteiger partial charge in [0.2, 0.25) is 0 Å². The van der Waals surface area contributed by atoms with Crippen molar-refractivity contribution in [2.24, 2.45) is 5.73 Å². The molecule has 4 heteroatoms. The number of benzene rings is 1. The molecule has 1 aliphatic heterocycles. The number of furan rings is 1. The van der Waals surface area contributed by atoms with Gasteiger partial charge in [-0.2, -0.15) is 0 Å². The van der Waals surface area contributed by atoms with E-state index in [0.29, 0.717) is 12.4 Å². The molecule has 2 N–H and O–H groups in total. The fraction of sp³-hybridized carbons (Fsp3) is 0.231. The Balaban J connectivity index is 1.80. The van der Waals surface area contributed by atoms with Crippen LogP contribution in [0.1, 0.15) is 11.8 Å². The lowest BCUT2D eigenvalue weighted by Gasteiger charge is -2.29. The van der Waals surface area contributed by atoms with Crippen LogP contribution in [0.15, 0.2) is 47.1 Å². The number of ether oxygens (including phenoxy) is 2. The predicted molar refractivity (Wildman–Crippen MR) is 62.0 cm³/mol. The number of fused-ring (bicyclic) bond motifs is 1. The van der Waals surface area contributed by atoms with Crippen molar-refractivity contribution in [3.63, 3.8) is 0 Å². The molecule has 2 unspecified atom stereocenters. The Bertz CT molecular complexity index is 495. The summed E-state index contributed by atoms with van der Waals surface area (Å²) in [5, 5.41) is 0. The van der Waals surface area contributed by atoms with E-state index >= 15 is 0 Å². The predicted octanol–water partition coefficient (Wildman–Crippen LogP) is 2.12. The van der Waals surface area contributed by atoms with Crippen LogP contribution in [-0.2, 0) is 0 Å². The zero-order valence-electron chi connectivity index (χ0n) is 9.21. The van der Waals surface area contributed by atoms with Gasteiger partial charge in [0.25, 0.3) is 0 Å². The molecule has 0 fully saturated rings. The molecule has 17 heavy (non-hydrogen) atoms. The Morgan fingerprint density at radius 2 is 1.94 bits per heavy atom. The SMILES string of the molecule is NC(c1ccco1)C1COc2ccccc2O1. The van der Waals surface area contributed by atoms with Gasteiger partial charge in [0.05, 0.1) is 6.26 Å². The van der Waals surface area contributed by atoms with Gasteiger partial charge in [-0.05, 0) is 24.3 Å². The maximum Gasteiger partial charge on any atom is 0.161 e. The standard InChI is InChI=1S/C13H13NO3/c14-13(11-6-3-7-15-11)12-8-16-9-4-1-2-5-10(9)17-12/h1-7,12-13H,8,14H2. The molecule has 2 heterocycles. The summed E-state index contributed by atoms with van der Waals surface area (Å²) in [6.45, 7) is 0.429. The molecule has 0 radical (unpaired) electrons. The highest BCUT2D eigenvalue weighted by Crippen LogP contribution is 2.33. The van der Waals surface area contributed by atoms with Crippen LogP contribution in [0.2, 0.25) is 0 Å². The van der Waals surface area contributed by atoms with E-state index in [2.05, 4.69) is 0 Å². The first-order valence-corrected chi connectivity index (χ1v) is 5.52. The average Bonchev–Trinajstić information content (AvgIpc) is 2.91. The van der Waals surface area contributed by atoms with Crippen LogP contribution in [-0.4, -0.2) is 12.7 Å². The Labute approximate surface area is 98.9 Å². The van der Waals surface area contributed by atoms with Crippen molar-refractivity contribution < 1.29 is 13.9 Å². The summed E-state index contributed by atoms with van der Waals surface area (Å²) in [4.78, 5) is 0. The molecule has 88 valence electrons. The molecule has 0 spiro atoms. The summed E-state index contributed by atoms with van der Waals surface area (Å²) in [7, 11) is 0. The fourth-order valence-electron chi connectivity index (χ4n) is 1.88. The number of nitrogens with two attached hydrogens (primary N) is 1. The van der Waals surface area contributed by atoms with Crippen LogP contribution >= 0.6 is 0 Å². The van der Waals surface area contributed by atoms with E-state index in [1.165, 1.54) is 0 Å². The van der Waals surface area contributed by atoms with Gasteiger partial charge in [-0.3, -0.25) is 0 Å². The Morgan fingerprint density at radius 1 is 1.12 bits per heavy atom. The van der Waals surface area contributed by atoms with Crippen LogP contribution in [0.25, 0.3) is 0 Å². The van der Waals surface area contributed by atoms with E-state index in [0.717, 1.165) is 11.5 Å². The van der Waals surface area contributed by atoms with Crippen molar-refractivity contribution in [3.05, 3.63) is 48.4 Å². The van der Waals surface area contributed by atoms with Crippen molar-refractivity contribution >= 4 is 0 Å². The molecule has 4 nitrogen and oxygen atoms in total. The van der Waals surface area contributed by atoms with E-state index in [4.69, 9.17) is 19.6 Å². The second kappa shape index (κ2) is 4.14. The first kappa shape index (κ1) is 10.2. The summed E-state index contributed by atoms with van der Waals surface area (Å²) >= 11 is 0. The molecule has 0 bridgehead atoms. The molecule has 0 amide bonds. The molecule has 0 aliphatic carbocycles. The molecule has 1 aromatic carbocycles. The van der Waals surface area contributed by atoms with Gasteiger partial charge < -0.3 is 19.6 Å². The quantitative estimate of drug-likeness (QED) is 0.860. The minimum atomic E-state index is -0.321. The lowest BCUT2D eigenvalue weighted by molar-refractivity contribution is 0.0667. The van der Waals surface area contributed by atoms with Gasteiger partial charge >= 0.3 is 0 Å². The number of hydrogen-bond acceptors (Lipinski definition) is 4. The first-order valence-electron chi connectivity index (χ1n) is 5.52.